The van der Waals surface area contributed by atoms with Crippen molar-refractivity contribution < 1.29 is 0 Å². The third-order valence-corrected chi connectivity index (χ3v) is 4.64. The van der Waals surface area contributed by atoms with Crippen molar-refractivity contribution in [1.82, 2.24) is 0 Å². The number of thiophene rings is 1. The fraction of sp³-hybridized carbons (Fsp3) is 0. The Morgan fingerprint density at radius 2 is 1.67 bits per heavy atom. The van der Waals surface area contributed by atoms with Gasteiger partial charge in [-0.15, -0.1) is 36.6 Å². The second kappa shape index (κ2) is 3.44. The second-order valence-corrected chi connectivity index (χ2v) is 5.42. The predicted octanol–water partition coefficient (Wildman–Crippen LogP) is 4.63. The van der Waals surface area contributed by atoms with E-state index in [9.17, 15) is 0 Å². The monoisotopic (exact) mass is 248 g/mol. The van der Waals surface area contributed by atoms with E-state index in [0.29, 0.717) is 0 Å². The Morgan fingerprint density at radius 1 is 0.867 bits per heavy atom. The van der Waals surface area contributed by atoms with Gasteiger partial charge in [0.25, 0.3) is 0 Å². The molecule has 0 aliphatic rings. The predicted molar refractivity (Wildman–Crippen MR) is 73.8 cm³/mol. The van der Waals surface area contributed by atoms with E-state index in [1.54, 1.807) is 11.3 Å². The smallest absolute Gasteiger partial charge is 0.0367 e. The standard InChI is InChI=1S/C12H8S3/c13-8-5-6-10-11(12(8)14)7-3-1-2-4-9(7)15-10/h1-6,13-14H. The van der Waals surface area contributed by atoms with Gasteiger partial charge in [-0.05, 0) is 18.2 Å². The highest BCUT2D eigenvalue weighted by Crippen LogP contribution is 2.39. The van der Waals surface area contributed by atoms with E-state index in [4.69, 9.17) is 0 Å². The quantitative estimate of drug-likeness (QED) is 0.532. The molecule has 3 aromatic rings. The van der Waals surface area contributed by atoms with Crippen molar-refractivity contribution in [2.24, 2.45) is 0 Å². The maximum absolute atomic E-state index is 4.54. The van der Waals surface area contributed by atoms with Crippen LogP contribution >= 0.6 is 36.6 Å². The van der Waals surface area contributed by atoms with Crippen molar-refractivity contribution in [2.45, 2.75) is 9.79 Å². The third-order valence-electron chi connectivity index (χ3n) is 2.49. The third kappa shape index (κ3) is 1.38. The molecule has 0 nitrogen and oxygen atoms in total. The van der Waals surface area contributed by atoms with Gasteiger partial charge in [0, 0.05) is 30.0 Å². The summed E-state index contributed by atoms with van der Waals surface area (Å²) in [6.45, 7) is 0. The fourth-order valence-electron chi connectivity index (χ4n) is 1.79. The summed E-state index contributed by atoms with van der Waals surface area (Å²) in [5.41, 5.74) is 0. The first kappa shape index (κ1) is 9.58. The maximum atomic E-state index is 4.54. The zero-order valence-corrected chi connectivity index (χ0v) is 10.4. The second-order valence-electron chi connectivity index (χ2n) is 3.40. The molecule has 0 bridgehead atoms. The summed E-state index contributed by atoms with van der Waals surface area (Å²) in [5.74, 6) is 0. The zero-order chi connectivity index (χ0) is 10.4. The van der Waals surface area contributed by atoms with Gasteiger partial charge in [-0.25, -0.2) is 0 Å². The van der Waals surface area contributed by atoms with Crippen LogP contribution < -0.4 is 0 Å². The van der Waals surface area contributed by atoms with E-state index in [2.05, 4.69) is 55.6 Å². The Balaban J connectivity index is 2.63. The van der Waals surface area contributed by atoms with Gasteiger partial charge in [0.15, 0.2) is 0 Å². The molecule has 1 heterocycles. The van der Waals surface area contributed by atoms with Gasteiger partial charge in [-0.2, -0.15) is 0 Å². The lowest BCUT2D eigenvalue weighted by Gasteiger charge is -1.99. The molecule has 0 unspecified atom stereocenters. The van der Waals surface area contributed by atoms with E-state index in [1.165, 1.54) is 20.2 Å². The van der Waals surface area contributed by atoms with Crippen LogP contribution in [0.1, 0.15) is 0 Å². The largest absolute Gasteiger partial charge is 0.142 e. The van der Waals surface area contributed by atoms with Gasteiger partial charge < -0.3 is 0 Å². The Bertz CT molecular complexity index is 652. The molecule has 0 aliphatic heterocycles. The molecule has 3 heteroatoms. The van der Waals surface area contributed by atoms with Crippen LogP contribution in [0.25, 0.3) is 20.2 Å². The van der Waals surface area contributed by atoms with Crippen LogP contribution in [0.5, 0.6) is 0 Å². The summed E-state index contributed by atoms with van der Waals surface area (Å²) in [5, 5.41) is 2.50. The molecule has 2 aromatic carbocycles. The van der Waals surface area contributed by atoms with Crippen LogP contribution in [0, 0.1) is 0 Å². The lowest BCUT2D eigenvalue weighted by atomic mass is 10.1. The van der Waals surface area contributed by atoms with Crippen LogP contribution in [-0.4, -0.2) is 0 Å². The van der Waals surface area contributed by atoms with Crippen LogP contribution in [-0.2, 0) is 0 Å². The van der Waals surface area contributed by atoms with Crippen LogP contribution in [0.2, 0.25) is 0 Å². The normalized spacial score (nSPS) is 11.3. The molecule has 0 fully saturated rings. The van der Waals surface area contributed by atoms with E-state index >= 15 is 0 Å². The molecule has 0 N–H and O–H groups in total. The molecule has 0 saturated heterocycles. The molecule has 0 aliphatic carbocycles. The molecule has 15 heavy (non-hydrogen) atoms. The van der Waals surface area contributed by atoms with Crippen molar-refractivity contribution in [1.29, 1.82) is 0 Å². The average Bonchev–Trinajstić information content (AvgIpc) is 2.62. The van der Waals surface area contributed by atoms with Crippen molar-refractivity contribution in [3.05, 3.63) is 36.4 Å². The molecule has 3 rings (SSSR count). The highest BCUT2D eigenvalue weighted by Gasteiger charge is 2.08. The van der Waals surface area contributed by atoms with Crippen LogP contribution in [0.15, 0.2) is 46.2 Å². The van der Waals surface area contributed by atoms with Crippen molar-refractivity contribution >= 4 is 56.8 Å². The zero-order valence-electron chi connectivity index (χ0n) is 7.77. The van der Waals surface area contributed by atoms with E-state index in [0.717, 1.165) is 9.79 Å². The average molecular weight is 248 g/mol. The van der Waals surface area contributed by atoms with Crippen molar-refractivity contribution in [3.63, 3.8) is 0 Å². The lowest BCUT2D eigenvalue weighted by molar-refractivity contribution is 1.34. The molecule has 74 valence electrons. The fourth-order valence-corrected chi connectivity index (χ4v) is 3.48. The molecule has 1 aromatic heterocycles. The Kier molecular flexibility index (Phi) is 2.20. The molecular formula is C12H8S3. The maximum Gasteiger partial charge on any atom is 0.0367 e. The topological polar surface area (TPSA) is 0 Å². The first-order valence-electron chi connectivity index (χ1n) is 4.59. The van der Waals surface area contributed by atoms with Gasteiger partial charge in [-0.1, -0.05) is 18.2 Å². The Morgan fingerprint density at radius 3 is 2.53 bits per heavy atom. The van der Waals surface area contributed by atoms with Crippen LogP contribution in [0.4, 0.5) is 0 Å². The van der Waals surface area contributed by atoms with Crippen LogP contribution in [0.3, 0.4) is 0 Å². The number of fused-ring (bicyclic) bond motifs is 3. The Hall–Kier alpha value is -0.640. The minimum absolute atomic E-state index is 0.939. The van der Waals surface area contributed by atoms with E-state index in [-0.39, 0.29) is 0 Å². The molecular weight excluding hydrogens is 240 g/mol. The highest BCUT2D eigenvalue weighted by molar-refractivity contribution is 7.83. The van der Waals surface area contributed by atoms with Gasteiger partial charge >= 0.3 is 0 Å². The minimum Gasteiger partial charge on any atom is -0.142 e. The summed E-state index contributed by atoms with van der Waals surface area (Å²) >= 11 is 10.7. The number of hydrogen-bond donors (Lipinski definition) is 2. The lowest BCUT2D eigenvalue weighted by Crippen LogP contribution is -1.72. The van der Waals surface area contributed by atoms with Gasteiger partial charge in [0.05, 0.1) is 0 Å². The van der Waals surface area contributed by atoms with E-state index in [1.807, 2.05) is 6.07 Å². The van der Waals surface area contributed by atoms with Crippen molar-refractivity contribution in [2.75, 3.05) is 0 Å². The van der Waals surface area contributed by atoms with Gasteiger partial charge in [0.2, 0.25) is 0 Å². The first-order chi connectivity index (χ1) is 7.27. The molecule has 0 atom stereocenters. The molecule has 0 saturated carbocycles. The molecule has 0 spiro atoms. The summed E-state index contributed by atoms with van der Waals surface area (Å²) in [6, 6.07) is 12.5. The summed E-state index contributed by atoms with van der Waals surface area (Å²) in [4.78, 5) is 1.92. The van der Waals surface area contributed by atoms with E-state index < -0.39 is 0 Å². The number of benzene rings is 2. The highest BCUT2D eigenvalue weighted by atomic mass is 32.1. The summed E-state index contributed by atoms with van der Waals surface area (Å²) in [7, 11) is 0. The first-order valence-corrected chi connectivity index (χ1v) is 6.30. The van der Waals surface area contributed by atoms with Gasteiger partial charge in [-0.3, -0.25) is 0 Å². The summed E-state index contributed by atoms with van der Waals surface area (Å²) in [6.07, 6.45) is 0. The molecule has 0 amide bonds. The number of thiol groups is 2. The van der Waals surface area contributed by atoms with Crippen molar-refractivity contribution in [3.8, 4) is 0 Å². The minimum atomic E-state index is 0.939. The van der Waals surface area contributed by atoms with Gasteiger partial charge in [0.1, 0.15) is 0 Å². The number of hydrogen-bond acceptors (Lipinski definition) is 3. The summed E-state index contributed by atoms with van der Waals surface area (Å²) < 4.78 is 2.58. The number of rotatable bonds is 0. The SMILES string of the molecule is Sc1ccc2sc3ccccc3c2c1S. The molecule has 0 radical (unpaired) electrons. The Labute approximate surface area is 103 Å².